The third-order valence-corrected chi connectivity index (χ3v) is 15.4. The Morgan fingerprint density at radius 1 is 0.578 bits per heavy atom. The molecule has 83 heavy (non-hydrogen) atoms. The van der Waals surface area contributed by atoms with Gasteiger partial charge in [-0.1, -0.05) is 75.7 Å². The Morgan fingerprint density at radius 2 is 1.07 bits per heavy atom. The fourth-order valence-corrected chi connectivity index (χ4v) is 9.50. The van der Waals surface area contributed by atoms with Gasteiger partial charge >= 0.3 is 5.97 Å². The number of hydrogen-bond donors (Lipinski definition) is 13. The highest BCUT2D eigenvalue weighted by atomic mass is 32.2. The van der Waals surface area contributed by atoms with Gasteiger partial charge in [-0.2, -0.15) is 11.8 Å². The molecule has 10 amide bonds. The summed E-state index contributed by atoms with van der Waals surface area (Å²) in [5.41, 5.74) is 1.49. The largest absolute Gasteiger partial charge is 0.507 e. The average molecular weight is 1190 g/mol. The lowest BCUT2D eigenvalue weighted by atomic mass is 9.86. The maximum Gasteiger partial charge on any atom is 0.328 e. The second kappa shape index (κ2) is 33.0. The summed E-state index contributed by atoms with van der Waals surface area (Å²) in [4.78, 5) is 147. The molecule has 0 saturated carbocycles. The van der Waals surface area contributed by atoms with Gasteiger partial charge in [0.25, 0.3) is 5.91 Å². The number of phenols is 1. The molecule has 0 saturated heterocycles. The maximum absolute atomic E-state index is 14.1. The van der Waals surface area contributed by atoms with Gasteiger partial charge in [-0.05, 0) is 119 Å². The van der Waals surface area contributed by atoms with Crippen LogP contribution in [0.3, 0.4) is 0 Å². The number of aliphatic hydroxyl groups excluding tert-OH is 1. The van der Waals surface area contributed by atoms with Crippen molar-refractivity contribution in [2.45, 2.75) is 203 Å². The summed E-state index contributed by atoms with van der Waals surface area (Å²) < 4.78 is 6.38. The van der Waals surface area contributed by atoms with Crippen molar-refractivity contribution in [2.24, 2.45) is 29.6 Å². The van der Waals surface area contributed by atoms with Crippen molar-refractivity contribution in [3.05, 3.63) is 22.3 Å². The van der Waals surface area contributed by atoms with Gasteiger partial charge in [0.05, 0.1) is 19.2 Å². The van der Waals surface area contributed by atoms with Gasteiger partial charge in [0, 0.05) is 12.0 Å². The number of rotatable bonds is 32. The second-order valence-electron chi connectivity index (χ2n) is 23.3. The number of thioether (sulfide) groups is 1. The molecule has 26 heteroatoms. The molecule has 1 aliphatic rings. The van der Waals surface area contributed by atoms with Crippen LogP contribution in [0.5, 0.6) is 11.5 Å². The van der Waals surface area contributed by atoms with Crippen molar-refractivity contribution in [1.82, 2.24) is 53.2 Å². The SMILES string of the molecule is CC[C@H](C)[C@H](NC(=O)[C@@H](NC(=O)[C@@H](NC(=O)CNC(=O)CNC(=O)[C@@H](NC(=O)[C@H](CCSC)NC(=O)[C@H](CC(C)C)NC(=O)C1(C)CCc2c(C)c(O)c(C)c(C)c2O1)C(C)C)C(C)C)C(C)C)C(=O)N[C@@H](C)C(=O)N[C@H](C(=O)O)[C@@H](C)O. The van der Waals surface area contributed by atoms with Crippen LogP contribution in [0.2, 0.25) is 0 Å². The van der Waals surface area contributed by atoms with E-state index in [1.807, 2.05) is 27.0 Å². The predicted octanol–water partition coefficient (Wildman–Crippen LogP) is 0.811. The van der Waals surface area contributed by atoms with Crippen LogP contribution >= 0.6 is 11.8 Å². The number of benzene rings is 1. The minimum atomic E-state index is -1.64. The van der Waals surface area contributed by atoms with E-state index in [1.165, 1.54) is 25.6 Å². The zero-order valence-corrected chi connectivity index (χ0v) is 52.2. The zero-order chi connectivity index (χ0) is 63.5. The molecule has 25 nitrogen and oxygen atoms in total. The van der Waals surface area contributed by atoms with Crippen molar-refractivity contribution in [3.63, 3.8) is 0 Å². The number of fused-ring (bicyclic) bond motifs is 1. The van der Waals surface area contributed by atoms with E-state index in [0.717, 1.165) is 5.56 Å². The number of amides is 10. The van der Waals surface area contributed by atoms with Crippen LogP contribution in [-0.4, -0.2) is 165 Å². The highest BCUT2D eigenvalue weighted by Crippen LogP contribution is 2.43. The topological polar surface area (TPSA) is 378 Å². The standard InChI is InChI=1S/C57H94N10O15S/c1-18-30(10)44(54(78)60-34(14)48(72)67-45(35(15)68)55(79)80)66-53(77)43(29(8)9)65-52(76)42(28(6)7)63-40(70)25-58-39(69)24-59-51(75)41(27(4)5)64-49(73)37(20-22-83-17)61-50(74)38(23-26(2)3)62-56(81)57(16)21-19-36-33(13)46(71)31(11)32(12)47(36)82-57/h26-30,34-35,37-38,41-45,68,71H,18-25H2,1-17H3,(H,58,69)(H,59,75)(H,60,78)(H,61,74)(H,62,81)(H,63,70)(H,64,73)(H,65,76)(H,66,77)(H,67,72)(H,79,80)/t30-,34-,35+,37-,38-,41-,42-,43-,44-,45-,57?/m0/s1. The molecule has 1 unspecified atom stereocenters. The van der Waals surface area contributed by atoms with E-state index in [0.29, 0.717) is 41.0 Å². The lowest BCUT2D eigenvalue weighted by Crippen LogP contribution is -2.61. The van der Waals surface area contributed by atoms with Crippen molar-refractivity contribution in [2.75, 3.05) is 25.1 Å². The molecule has 0 fully saturated rings. The van der Waals surface area contributed by atoms with Crippen molar-refractivity contribution in [3.8, 4) is 11.5 Å². The first-order valence-electron chi connectivity index (χ1n) is 28.4. The van der Waals surface area contributed by atoms with Gasteiger partial charge in [0.2, 0.25) is 53.2 Å². The first-order valence-corrected chi connectivity index (χ1v) is 29.8. The molecular weight excluding hydrogens is 1100 g/mol. The summed E-state index contributed by atoms with van der Waals surface area (Å²) >= 11 is 1.43. The number of nitrogens with one attached hydrogen (secondary N) is 10. The van der Waals surface area contributed by atoms with E-state index < -0.39 is 162 Å². The van der Waals surface area contributed by atoms with Gasteiger partial charge in [-0.25, -0.2) is 4.79 Å². The minimum absolute atomic E-state index is 0.0562. The Morgan fingerprint density at radius 3 is 1.59 bits per heavy atom. The summed E-state index contributed by atoms with van der Waals surface area (Å²) in [7, 11) is 0. The van der Waals surface area contributed by atoms with Crippen LogP contribution in [0.15, 0.2) is 0 Å². The molecule has 0 bridgehead atoms. The molecule has 1 aromatic carbocycles. The number of carboxylic acids is 1. The van der Waals surface area contributed by atoms with Gasteiger partial charge < -0.3 is 73.2 Å². The summed E-state index contributed by atoms with van der Waals surface area (Å²) in [6.07, 6.45) is 1.92. The number of ether oxygens (including phenoxy) is 1. The van der Waals surface area contributed by atoms with E-state index in [1.54, 1.807) is 76.2 Å². The third kappa shape index (κ3) is 21.2. The first-order chi connectivity index (χ1) is 38.5. The molecule has 1 aliphatic heterocycles. The highest BCUT2D eigenvalue weighted by Gasteiger charge is 2.43. The summed E-state index contributed by atoms with van der Waals surface area (Å²) in [5.74, 6) is -9.75. The fourth-order valence-electron chi connectivity index (χ4n) is 9.02. The number of aromatic hydroxyl groups is 1. The van der Waals surface area contributed by atoms with E-state index >= 15 is 0 Å². The number of carboxylic acid groups (broad SMARTS) is 1. The van der Waals surface area contributed by atoms with Gasteiger partial charge in [0.1, 0.15) is 53.8 Å². The van der Waals surface area contributed by atoms with Crippen LogP contribution in [0.4, 0.5) is 0 Å². The smallest absolute Gasteiger partial charge is 0.328 e. The average Bonchev–Trinajstić information content (AvgIpc) is 3.60. The molecule has 468 valence electrons. The highest BCUT2D eigenvalue weighted by molar-refractivity contribution is 7.98. The third-order valence-electron chi connectivity index (χ3n) is 14.8. The predicted molar refractivity (Wildman–Crippen MR) is 313 cm³/mol. The van der Waals surface area contributed by atoms with Crippen LogP contribution < -0.4 is 57.9 Å². The fraction of sp³-hybridized carbons (Fsp3) is 0.702. The quantitative estimate of drug-likeness (QED) is 0.0475. The maximum atomic E-state index is 14.1. The van der Waals surface area contributed by atoms with E-state index in [2.05, 4.69) is 53.2 Å². The van der Waals surface area contributed by atoms with Gasteiger partial charge in [-0.15, -0.1) is 0 Å². The van der Waals surface area contributed by atoms with E-state index in [4.69, 9.17) is 4.74 Å². The second-order valence-corrected chi connectivity index (χ2v) is 24.3. The number of phenolic OH excluding ortho intramolecular Hbond substituents is 1. The molecule has 0 radical (unpaired) electrons. The van der Waals surface area contributed by atoms with Crippen LogP contribution in [0, 0.1) is 50.4 Å². The van der Waals surface area contributed by atoms with Crippen LogP contribution in [0.25, 0.3) is 0 Å². The van der Waals surface area contributed by atoms with Crippen LogP contribution in [-0.2, 0) is 59.2 Å². The van der Waals surface area contributed by atoms with Crippen molar-refractivity contribution >= 4 is 76.8 Å². The Labute approximate surface area is 492 Å². The van der Waals surface area contributed by atoms with Gasteiger partial charge in [-0.3, -0.25) is 47.9 Å². The van der Waals surface area contributed by atoms with Gasteiger partial charge in [0.15, 0.2) is 11.6 Å². The van der Waals surface area contributed by atoms with Crippen molar-refractivity contribution < 1.29 is 72.8 Å². The molecule has 1 aromatic rings. The number of carbonyl (C=O) groups excluding carboxylic acids is 10. The minimum Gasteiger partial charge on any atom is -0.507 e. The number of carbonyl (C=O) groups is 11. The molecule has 2 rings (SSSR count). The molecule has 11 atom stereocenters. The molecule has 0 aromatic heterocycles. The van der Waals surface area contributed by atoms with Crippen molar-refractivity contribution in [1.29, 1.82) is 0 Å². The van der Waals surface area contributed by atoms with E-state index in [-0.39, 0.29) is 30.9 Å². The van der Waals surface area contributed by atoms with E-state index in [9.17, 15) is 68.1 Å². The molecule has 0 aliphatic carbocycles. The number of aliphatic carboxylic acids is 1. The molecular formula is C57H94N10O15S. The lowest BCUT2D eigenvalue weighted by molar-refractivity contribution is -0.145. The normalized spacial score (nSPS) is 17.5. The Hall–Kier alpha value is -6.70. The number of hydrogen-bond acceptors (Lipinski definition) is 15. The van der Waals surface area contributed by atoms with Crippen LogP contribution in [0.1, 0.15) is 138 Å². The molecule has 0 spiro atoms. The molecule has 13 N–H and O–H groups in total. The summed E-state index contributed by atoms with van der Waals surface area (Å²) in [6.45, 7) is 25.4. The Balaban J connectivity index is 2.10. The Bertz CT molecular complexity index is 2510. The first kappa shape index (κ1) is 72.4. The molecule has 1 heterocycles. The monoisotopic (exact) mass is 1190 g/mol. The summed E-state index contributed by atoms with van der Waals surface area (Å²) in [6, 6.07) is -9.93. The zero-order valence-electron chi connectivity index (χ0n) is 51.4. The Kier molecular flexibility index (Phi) is 28.8. The summed E-state index contributed by atoms with van der Waals surface area (Å²) in [5, 5.41) is 55.5. The lowest BCUT2D eigenvalue weighted by Gasteiger charge is -2.37. The number of aliphatic hydroxyl groups is 1.